The van der Waals surface area contributed by atoms with Gasteiger partial charge in [-0.05, 0) is 24.6 Å². The minimum atomic E-state index is -0.404. The summed E-state index contributed by atoms with van der Waals surface area (Å²) in [4.78, 5) is 8.95. The molecular formula is C18H20FN7O. The second-order valence-electron chi connectivity index (χ2n) is 6.45. The van der Waals surface area contributed by atoms with Crippen molar-refractivity contribution < 1.29 is 9.13 Å². The number of halogens is 1. The molecular weight excluding hydrogens is 349 g/mol. The number of aromatic nitrogens is 4. The molecule has 9 heteroatoms. The average Bonchev–Trinajstić information content (AvgIpc) is 3.30. The van der Waals surface area contributed by atoms with Gasteiger partial charge < -0.3 is 21.1 Å². The lowest BCUT2D eigenvalue weighted by Gasteiger charge is -2.16. The second kappa shape index (κ2) is 7.20. The van der Waals surface area contributed by atoms with Gasteiger partial charge >= 0.3 is 0 Å². The Labute approximate surface area is 155 Å². The van der Waals surface area contributed by atoms with Gasteiger partial charge in [0, 0.05) is 43.2 Å². The molecule has 1 aromatic carbocycles. The Morgan fingerprint density at radius 1 is 1.30 bits per heavy atom. The molecule has 0 bridgehead atoms. The van der Waals surface area contributed by atoms with Crippen LogP contribution in [0, 0.1) is 5.82 Å². The lowest BCUT2D eigenvalue weighted by molar-refractivity contribution is 0.194. The third kappa shape index (κ3) is 3.82. The van der Waals surface area contributed by atoms with Gasteiger partial charge in [-0.3, -0.25) is 4.68 Å². The van der Waals surface area contributed by atoms with E-state index >= 15 is 0 Å². The monoisotopic (exact) mass is 369 g/mol. The molecule has 4 N–H and O–H groups in total. The van der Waals surface area contributed by atoms with E-state index in [9.17, 15) is 4.39 Å². The Kier molecular flexibility index (Phi) is 4.59. The molecule has 140 valence electrons. The highest BCUT2D eigenvalue weighted by molar-refractivity contribution is 5.66. The first kappa shape index (κ1) is 17.2. The molecule has 8 nitrogen and oxygen atoms in total. The zero-order chi connectivity index (χ0) is 18.8. The van der Waals surface area contributed by atoms with Crippen molar-refractivity contribution in [1.82, 2.24) is 19.7 Å². The Bertz CT molecular complexity index is 953. The maximum atomic E-state index is 14.2. The Hall–Kier alpha value is -3.20. The molecule has 3 heterocycles. The summed E-state index contributed by atoms with van der Waals surface area (Å²) in [5.74, 6) is 0.663. The van der Waals surface area contributed by atoms with Crippen LogP contribution in [0.1, 0.15) is 17.9 Å². The number of ether oxygens (including phenoxy) is 1. The van der Waals surface area contributed by atoms with E-state index in [0.717, 1.165) is 17.7 Å². The van der Waals surface area contributed by atoms with Gasteiger partial charge in [-0.15, -0.1) is 0 Å². The predicted octanol–water partition coefficient (Wildman–Crippen LogP) is 2.92. The fourth-order valence-corrected chi connectivity index (χ4v) is 3.01. The quantitative estimate of drug-likeness (QED) is 0.594. The summed E-state index contributed by atoms with van der Waals surface area (Å²) in [6.45, 7) is 1.28. The Morgan fingerprint density at radius 3 is 2.93 bits per heavy atom. The molecule has 1 aliphatic rings. The van der Waals surface area contributed by atoms with Crippen molar-refractivity contribution in [1.29, 1.82) is 0 Å². The van der Waals surface area contributed by atoms with Crippen LogP contribution in [0.5, 0.6) is 0 Å². The van der Waals surface area contributed by atoms with Gasteiger partial charge in [0.1, 0.15) is 11.6 Å². The summed E-state index contributed by atoms with van der Waals surface area (Å²) < 4.78 is 21.4. The van der Waals surface area contributed by atoms with Crippen molar-refractivity contribution in [2.45, 2.75) is 12.3 Å². The molecule has 0 saturated carbocycles. The van der Waals surface area contributed by atoms with Gasteiger partial charge in [-0.1, -0.05) is 0 Å². The van der Waals surface area contributed by atoms with Crippen LogP contribution in [0.4, 0.5) is 33.2 Å². The molecule has 2 aromatic heterocycles. The fourth-order valence-electron chi connectivity index (χ4n) is 3.01. The topological polar surface area (TPSA) is 103 Å². The molecule has 4 rings (SSSR count). The van der Waals surface area contributed by atoms with Gasteiger partial charge in [-0.25, -0.2) is 9.37 Å². The summed E-state index contributed by atoms with van der Waals surface area (Å²) in [6, 6.07) is 4.38. The summed E-state index contributed by atoms with van der Waals surface area (Å²) in [5, 5.41) is 10.3. The van der Waals surface area contributed by atoms with E-state index < -0.39 is 5.82 Å². The number of nitrogens with two attached hydrogens (primary N) is 1. The molecule has 1 atom stereocenters. The van der Waals surface area contributed by atoms with Crippen molar-refractivity contribution in [3.05, 3.63) is 48.2 Å². The highest BCUT2D eigenvalue weighted by atomic mass is 19.1. The molecule has 1 aliphatic heterocycles. The highest BCUT2D eigenvalue weighted by Gasteiger charge is 2.23. The van der Waals surface area contributed by atoms with Crippen molar-refractivity contribution in [3.63, 3.8) is 0 Å². The van der Waals surface area contributed by atoms with Gasteiger partial charge in [0.15, 0.2) is 0 Å². The SMILES string of the molecule is Cn1cc(Nc2ncc(C3CCOC3)c(Nc3cc(N)ccc3F)n2)cn1. The van der Waals surface area contributed by atoms with Crippen LogP contribution < -0.4 is 16.4 Å². The van der Waals surface area contributed by atoms with Crippen molar-refractivity contribution in [3.8, 4) is 0 Å². The Morgan fingerprint density at radius 2 is 2.19 bits per heavy atom. The summed E-state index contributed by atoms with van der Waals surface area (Å²) in [5.41, 5.74) is 8.17. The molecule has 27 heavy (non-hydrogen) atoms. The fraction of sp³-hybridized carbons (Fsp3) is 0.278. The molecule has 1 unspecified atom stereocenters. The number of hydrogen-bond donors (Lipinski definition) is 3. The molecule has 0 spiro atoms. The smallest absolute Gasteiger partial charge is 0.229 e. The third-order valence-electron chi connectivity index (χ3n) is 4.39. The minimum absolute atomic E-state index is 0.157. The first-order valence-corrected chi connectivity index (χ1v) is 8.61. The predicted molar refractivity (Wildman–Crippen MR) is 101 cm³/mol. The summed E-state index contributed by atoms with van der Waals surface area (Å²) in [7, 11) is 1.82. The number of nitrogen functional groups attached to an aromatic ring is 1. The largest absolute Gasteiger partial charge is 0.399 e. The lowest BCUT2D eigenvalue weighted by Crippen LogP contribution is -2.09. The third-order valence-corrected chi connectivity index (χ3v) is 4.39. The van der Waals surface area contributed by atoms with Crippen LogP contribution in [0.25, 0.3) is 0 Å². The van der Waals surface area contributed by atoms with E-state index in [2.05, 4.69) is 25.7 Å². The summed E-state index contributed by atoms with van der Waals surface area (Å²) in [6.07, 6.45) is 6.10. The maximum absolute atomic E-state index is 14.2. The van der Waals surface area contributed by atoms with Crippen LogP contribution in [0.3, 0.4) is 0 Å². The lowest BCUT2D eigenvalue weighted by atomic mass is 10.0. The van der Waals surface area contributed by atoms with Crippen molar-refractivity contribution in [2.24, 2.45) is 7.05 Å². The van der Waals surface area contributed by atoms with E-state index in [-0.39, 0.29) is 11.6 Å². The summed E-state index contributed by atoms with van der Waals surface area (Å²) >= 11 is 0. The van der Waals surface area contributed by atoms with Crippen molar-refractivity contribution >= 4 is 28.8 Å². The first-order chi connectivity index (χ1) is 13.1. The zero-order valence-corrected chi connectivity index (χ0v) is 14.8. The minimum Gasteiger partial charge on any atom is -0.399 e. The van der Waals surface area contributed by atoms with Crippen LogP contribution >= 0.6 is 0 Å². The number of nitrogens with zero attached hydrogens (tertiary/aromatic N) is 4. The number of rotatable bonds is 5. The number of anilines is 5. The van der Waals surface area contributed by atoms with Gasteiger partial charge in [-0.2, -0.15) is 10.1 Å². The van der Waals surface area contributed by atoms with E-state index in [1.165, 1.54) is 12.1 Å². The first-order valence-electron chi connectivity index (χ1n) is 8.61. The molecule has 0 radical (unpaired) electrons. The van der Waals surface area contributed by atoms with E-state index in [1.54, 1.807) is 23.1 Å². The maximum Gasteiger partial charge on any atom is 0.229 e. The van der Waals surface area contributed by atoms with Crippen LogP contribution in [-0.4, -0.2) is 33.0 Å². The van der Waals surface area contributed by atoms with E-state index in [0.29, 0.717) is 30.7 Å². The molecule has 3 aromatic rings. The highest BCUT2D eigenvalue weighted by Crippen LogP contribution is 2.33. The molecule has 0 amide bonds. The zero-order valence-electron chi connectivity index (χ0n) is 14.8. The van der Waals surface area contributed by atoms with Crippen LogP contribution in [-0.2, 0) is 11.8 Å². The number of benzene rings is 1. The number of hydrogen-bond acceptors (Lipinski definition) is 7. The second-order valence-corrected chi connectivity index (χ2v) is 6.45. The normalized spacial score (nSPS) is 16.4. The molecule has 0 aliphatic carbocycles. The standard InChI is InChI=1S/C18H20FN7O/c1-26-9-13(7-22-26)23-18-21-8-14(11-4-5-27-10-11)17(25-18)24-16-6-12(20)2-3-15(16)19/h2-3,6-9,11H,4-5,10,20H2,1H3,(H2,21,23,24,25). The van der Waals surface area contributed by atoms with Gasteiger partial charge in [0.05, 0.1) is 24.2 Å². The molecule has 1 fully saturated rings. The Balaban J connectivity index is 1.68. The number of nitrogens with one attached hydrogen (secondary N) is 2. The van der Waals surface area contributed by atoms with Crippen LogP contribution in [0.2, 0.25) is 0 Å². The average molecular weight is 369 g/mol. The van der Waals surface area contributed by atoms with Crippen molar-refractivity contribution in [2.75, 3.05) is 29.6 Å². The van der Waals surface area contributed by atoms with Crippen LogP contribution in [0.15, 0.2) is 36.8 Å². The van der Waals surface area contributed by atoms with E-state index in [4.69, 9.17) is 10.5 Å². The van der Waals surface area contributed by atoms with Gasteiger partial charge in [0.2, 0.25) is 5.95 Å². The number of aryl methyl sites for hydroxylation is 1. The van der Waals surface area contributed by atoms with Gasteiger partial charge in [0.25, 0.3) is 0 Å². The van der Waals surface area contributed by atoms with E-state index in [1.807, 2.05) is 13.2 Å². The molecule has 1 saturated heterocycles.